The van der Waals surface area contributed by atoms with E-state index in [-0.39, 0.29) is 82.8 Å². The van der Waals surface area contributed by atoms with Crippen molar-refractivity contribution >= 4 is 51.1 Å². The molecule has 2 fully saturated rings. The zero-order valence-electron chi connectivity index (χ0n) is 34.6. The van der Waals surface area contributed by atoms with Gasteiger partial charge >= 0.3 is 262 Å². The molecule has 2 aromatic rings. The molecule has 18 heteroatoms. The monoisotopic (exact) mass is 966 g/mol. The third-order valence-electron chi connectivity index (χ3n) is 11.2. The molecule has 5 aliphatic heterocycles. The minimum atomic E-state index is -1.75. The molecular weight excluding hydrogens is 917 g/mol. The second-order valence-corrected chi connectivity index (χ2v) is 17.6. The normalized spacial score (nSPS) is 20.3. The molecule has 0 radical (unpaired) electrons. The van der Waals surface area contributed by atoms with Crippen LogP contribution in [0.5, 0.6) is 23.0 Å². The van der Waals surface area contributed by atoms with Crippen molar-refractivity contribution in [1.29, 1.82) is 0 Å². The van der Waals surface area contributed by atoms with Gasteiger partial charge in [0.05, 0.1) is 24.4 Å². The molecule has 2 saturated heterocycles. The van der Waals surface area contributed by atoms with Crippen molar-refractivity contribution in [1.82, 2.24) is 14.7 Å². The Kier molecular flexibility index (Phi) is 13.9. The van der Waals surface area contributed by atoms with E-state index >= 15 is 0 Å². The maximum atomic E-state index is 13.9. The summed E-state index contributed by atoms with van der Waals surface area (Å²) in [6.07, 6.45) is 6.41. The number of hydrogen-bond donors (Lipinski definition) is 1. The van der Waals surface area contributed by atoms with Crippen LogP contribution in [0.2, 0.25) is 0 Å². The van der Waals surface area contributed by atoms with E-state index in [1.165, 1.54) is 43.4 Å². The molecule has 2 aromatic carbocycles. The topological polar surface area (TPSA) is 194 Å². The number of rotatable bonds is 18. The number of methoxy groups -OCH3 is 2. The van der Waals surface area contributed by atoms with Gasteiger partial charge in [0.25, 0.3) is 5.91 Å². The predicted molar refractivity (Wildman–Crippen MR) is 220 cm³/mol. The maximum absolute atomic E-state index is 13.9. The fraction of sp³-hybridized carbons (Fsp3) is 0.432. The predicted octanol–water partition coefficient (Wildman–Crippen LogP) is 1.88. The van der Waals surface area contributed by atoms with Crippen molar-refractivity contribution in [3.63, 3.8) is 0 Å². The van der Waals surface area contributed by atoms with Gasteiger partial charge < -0.3 is 14.4 Å². The quantitative estimate of drug-likeness (QED) is 0.0751. The number of nitrogens with zero attached hydrogens (tertiary/aromatic N) is 5. The van der Waals surface area contributed by atoms with Gasteiger partial charge in [-0.1, -0.05) is 12.2 Å². The molecule has 17 nitrogen and oxygen atoms in total. The molecule has 62 heavy (non-hydrogen) atoms. The molecule has 5 heterocycles. The second-order valence-electron chi connectivity index (χ2n) is 15.5. The summed E-state index contributed by atoms with van der Waals surface area (Å²) in [5, 5.41) is 11.7. The number of aliphatic hydroxyl groups excluding tert-OH is 1. The molecule has 0 aromatic heterocycles. The number of imide groups is 1. The number of aliphatic imine (C=N–C) groups is 1. The fourth-order valence-electron chi connectivity index (χ4n) is 8.05. The Morgan fingerprint density at radius 2 is 1.39 bits per heavy atom. The van der Waals surface area contributed by atoms with E-state index in [1.807, 2.05) is 0 Å². The van der Waals surface area contributed by atoms with Crippen LogP contribution in [0, 0.1) is 0 Å². The van der Waals surface area contributed by atoms with Crippen LogP contribution >= 0.6 is 0 Å². The van der Waals surface area contributed by atoms with Gasteiger partial charge in [-0.3, -0.25) is 9.79 Å². The zero-order valence-corrected chi connectivity index (χ0v) is 36.8. The first kappa shape index (κ1) is 44.3. The molecule has 1 N–H and O–H groups in total. The van der Waals surface area contributed by atoms with Crippen molar-refractivity contribution in [3.8, 4) is 23.0 Å². The number of amides is 5. The summed E-state index contributed by atoms with van der Waals surface area (Å²) in [6.45, 7) is 9.58. The summed E-state index contributed by atoms with van der Waals surface area (Å²) in [5.41, 5.74) is 2.81. The van der Waals surface area contributed by atoms with Gasteiger partial charge in [0.1, 0.15) is 0 Å². The van der Waals surface area contributed by atoms with E-state index in [0.29, 0.717) is 86.4 Å². The molecule has 330 valence electrons. The average molecular weight is 967 g/mol. The SMILES string of the molecule is C=C1CC2C(O)N(C(=O)O[I-]C(=O)CCCCCN3C(=O)C=CC3=O)c3cc(OCCCCCOc4cc5c(cc4OC)C(=O)N4CC(=C)C[C@H]4C=N5)c(OC)cc3C(=O)N2C1. The Balaban J connectivity index is 0.947. The molecule has 0 bridgehead atoms. The van der Waals surface area contributed by atoms with Crippen molar-refractivity contribution in [2.24, 2.45) is 4.99 Å². The van der Waals surface area contributed by atoms with Gasteiger partial charge in [-0.2, -0.15) is 0 Å². The number of benzene rings is 2. The minimum absolute atomic E-state index is 0.0558. The van der Waals surface area contributed by atoms with Crippen LogP contribution in [0.1, 0.15) is 78.5 Å². The summed E-state index contributed by atoms with van der Waals surface area (Å²) in [6, 6.07) is 5.41. The van der Waals surface area contributed by atoms with Crippen molar-refractivity contribution in [3.05, 3.63) is 71.8 Å². The molecule has 0 saturated carbocycles. The third kappa shape index (κ3) is 9.50. The molecule has 5 amide bonds. The van der Waals surface area contributed by atoms with Crippen LogP contribution in [-0.4, -0.2) is 125 Å². The van der Waals surface area contributed by atoms with Crippen LogP contribution in [0.15, 0.2) is 65.7 Å². The molecule has 5 aliphatic rings. The average Bonchev–Trinajstić information content (AvgIpc) is 3.91. The number of aliphatic hydroxyl groups is 1. The van der Waals surface area contributed by atoms with Crippen LogP contribution in [-0.2, 0) is 17.4 Å². The van der Waals surface area contributed by atoms with Crippen molar-refractivity contribution < 1.29 is 77.5 Å². The second kappa shape index (κ2) is 19.5. The van der Waals surface area contributed by atoms with Gasteiger partial charge in [-0.15, -0.1) is 0 Å². The molecule has 2 unspecified atom stereocenters. The first-order chi connectivity index (χ1) is 29.9. The molecule has 0 aliphatic carbocycles. The van der Waals surface area contributed by atoms with Crippen LogP contribution in [0.3, 0.4) is 0 Å². The summed E-state index contributed by atoms with van der Waals surface area (Å²) in [4.78, 5) is 87.3. The first-order valence-corrected chi connectivity index (χ1v) is 22.4. The summed E-state index contributed by atoms with van der Waals surface area (Å²) >= 11 is -1.75. The third-order valence-corrected chi connectivity index (χ3v) is 12.9. The fourth-order valence-corrected chi connectivity index (χ4v) is 9.30. The molecule has 7 rings (SSSR count). The van der Waals surface area contributed by atoms with Crippen LogP contribution < -0.4 is 45.5 Å². The van der Waals surface area contributed by atoms with Gasteiger partial charge in [0, 0.05) is 18.8 Å². The van der Waals surface area contributed by atoms with E-state index in [9.17, 15) is 33.9 Å². The number of carbonyl (C=O) groups excluding carboxylic acids is 6. The summed E-state index contributed by atoms with van der Waals surface area (Å²) in [5.74, 6) is 0.128. The first-order valence-electron chi connectivity index (χ1n) is 20.5. The Morgan fingerprint density at radius 3 is 2.08 bits per heavy atom. The number of fused-ring (bicyclic) bond motifs is 4. The van der Waals surface area contributed by atoms with Crippen molar-refractivity contribution in [2.75, 3.05) is 52.0 Å². The number of carbonyl (C=O) groups is 6. The van der Waals surface area contributed by atoms with E-state index in [1.54, 1.807) is 23.2 Å². The van der Waals surface area contributed by atoms with Gasteiger partial charge in [0.2, 0.25) is 0 Å². The Bertz CT molecular complexity index is 2220. The van der Waals surface area contributed by atoms with Gasteiger partial charge in [-0.05, 0) is 12.5 Å². The number of unbranched alkanes of at least 4 members (excludes halogenated alkanes) is 4. The summed E-state index contributed by atoms with van der Waals surface area (Å²) < 4.78 is 28.7. The molecular formula is C44H49IN5O12-. The molecule has 3 atom stereocenters. The van der Waals surface area contributed by atoms with Gasteiger partial charge in [0.15, 0.2) is 11.5 Å². The Hall–Kier alpha value is -5.76. The van der Waals surface area contributed by atoms with E-state index in [2.05, 4.69) is 18.2 Å². The van der Waals surface area contributed by atoms with Crippen LogP contribution in [0.4, 0.5) is 16.2 Å². The van der Waals surface area contributed by atoms with E-state index in [4.69, 9.17) is 22.0 Å². The van der Waals surface area contributed by atoms with E-state index < -0.39 is 45.9 Å². The Labute approximate surface area is 369 Å². The summed E-state index contributed by atoms with van der Waals surface area (Å²) in [7, 11) is 2.96. The van der Waals surface area contributed by atoms with Crippen molar-refractivity contribution in [2.45, 2.75) is 76.1 Å². The zero-order chi connectivity index (χ0) is 44.1. The number of anilines is 1. The number of hydrogen-bond acceptors (Lipinski definition) is 13. The Morgan fingerprint density at radius 1 is 0.774 bits per heavy atom. The van der Waals surface area contributed by atoms with E-state index in [0.717, 1.165) is 15.4 Å². The van der Waals surface area contributed by atoms with Gasteiger partial charge in [-0.25, -0.2) is 0 Å². The molecule has 0 spiro atoms. The standard InChI is InChI=1S/C44H49IN5O12/c1-26-17-28-23-46-31-21-36(34(58-3)19-29(31)41(54)48(28)24-26)60-15-9-6-10-16-61-37-22-32-30(20-35(37)59-4)42(55)49-25-27(2)18-33(49)43(56)50(32)44(57)62-45-38(51)11-7-5-8-14-47-39(52)12-13-40(47)53/h12-13,19-23,28,33,43,56H,1-2,5-11,14-18,24-25H2,3-4H3/q-1/t28-,33?,43?/m0/s1. The van der Waals surface area contributed by atoms with Crippen LogP contribution in [0.25, 0.3) is 0 Å². The number of ether oxygens (including phenoxy) is 4. The number of halogens is 1.